The normalized spacial score (nSPS) is 11.0. The molecule has 0 aliphatic carbocycles. The molecule has 0 unspecified atom stereocenters. The SMILES string of the molecule is COCCCNC(=O)NCc1c(-c2cccs2)n(Cc2ccccc2)c2ccccc12. The summed E-state index contributed by atoms with van der Waals surface area (Å²) in [5, 5.41) is 9.22. The molecule has 6 heteroatoms. The fourth-order valence-corrected chi connectivity index (χ4v) is 4.63. The number of nitrogens with zero attached hydrogens (tertiary/aromatic N) is 1. The summed E-state index contributed by atoms with van der Waals surface area (Å²) in [5.74, 6) is 0. The highest BCUT2D eigenvalue weighted by atomic mass is 32.1. The molecular formula is C25H27N3O2S. The molecule has 31 heavy (non-hydrogen) atoms. The molecule has 0 spiro atoms. The Bertz CT molecular complexity index is 1120. The summed E-state index contributed by atoms with van der Waals surface area (Å²) in [6, 6.07) is 23.0. The smallest absolute Gasteiger partial charge is 0.315 e. The van der Waals surface area contributed by atoms with Crippen LogP contribution in [0.25, 0.3) is 21.5 Å². The van der Waals surface area contributed by atoms with E-state index in [1.165, 1.54) is 27.0 Å². The molecule has 0 atom stereocenters. The summed E-state index contributed by atoms with van der Waals surface area (Å²) in [4.78, 5) is 13.5. The van der Waals surface area contributed by atoms with Crippen LogP contribution in [0.4, 0.5) is 4.79 Å². The van der Waals surface area contributed by atoms with Crippen molar-refractivity contribution in [1.82, 2.24) is 15.2 Å². The third kappa shape index (κ3) is 4.98. The number of fused-ring (bicyclic) bond motifs is 1. The van der Waals surface area contributed by atoms with E-state index in [2.05, 4.69) is 81.2 Å². The fourth-order valence-electron chi connectivity index (χ4n) is 3.83. The molecular weight excluding hydrogens is 406 g/mol. The molecule has 160 valence electrons. The molecule has 0 bridgehead atoms. The molecule has 2 heterocycles. The first-order valence-electron chi connectivity index (χ1n) is 10.5. The Hall–Kier alpha value is -3.09. The van der Waals surface area contributed by atoms with Crippen molar-refractivity contribution in [2.75, 3.05) is 20.3 Å². The van der Waals surface area contributed by atoms with E-state index in [1.807, 2.05) is 6.07 Å². The molecule has 4 aromatic rings. The molecule has 0 fully saturated rings. The fraction of sp³-hybridized carbons (Fsp3) is 0.240. The van der Waals surface area contributed by atoms with Gasteiger partial charge in [-0.3, -0.25) is 0 Å². The van der Waals surface area contributed by atoms with Crippen LogP contribution < -0.4 is 10.6 Å². The predicted octanol–water partition coefficient (Wildman–Crippen LogP) is 5.25. The zero-order valence-electron chi connectivity index (χ0n) is 17.6. The van der Waals surface area contributed by atoms with Crippen LogP contribution in [-0.4, -0.2) is 30.9 Å². The van der Waals surface area contributed by atoms with Crippen molar-refractivity contribution in [3.63, 3.8) is 0 Å². The number of hydrogen-bond donors (Lipinski definition) is 2. The molecule has 2 N–H and O–H groups in total. The second kappa shape index (κ2) is 10.3. The minimum absolute atomic E-state index is 0.159. The van der Waals surface area contributed by atoms with Crippen molar-refractivity contribution in [1.29, 1.82) is 0 Å². The maximum Gasteiger partial charge on any atom is 0.315 e. The maximum atomic E-state index is 12.3. The van der Waals surface area contributed by atoms with Gasteiger partial charge in [-0.2, -0.15) is 0 Å². The Labute approximate surface area is 186 Å². The minimum Gasteiger partial charge on any atom is -0.385 e. The van der Waals surface area contributed by atoms with Crippen LogP contribution in [0.5, 0.6) is 0 Å². The summed E-state index contributed by atoms with van der Waals surface area (Å²) in [6.45, 7) is 2.46. The van der Waals surface area contributed by atoms with Gasteiger partial charge in [-0.1, -0.05) is 54.6 Å². The molecule has 0 aliphatic heterocycles. The van der Waals surface area contributed by atoms with Crippen LogP contribution in [0.1, 0.15) is 17.5 Å². The number of nitrogens with one attached hydrogen (secondary N) is 2. The van der Waals surface area contributed by atoms with Gasteiger partial charge >= 0.3 is 6.03 Å². The minimum atomic E-state index is -0.159. The lowest BCUT2D eigenvalue weighted by atomic mass is 10.1. The highest BCUT2D eigenvalue weighted by Gasteiger charge is 2.19. The lowest BCUT2D eigenvalue weighted by Gasteiger charge is -2.12. The van der Waals surface area contributed by atoms with Gasteiger partial charge in [-0.05, 0) is 29.5 Å². The summed E-state index contributed by atoms with van der Waals surface area (Å²) in [5.41, 5.74) is 4.73. The van der Waals surface area contributed by atoms with E-state index in [0.29, 0.717) is 19.7 Å². The predicted molar refractivity (Wildman–Crippen MR) is 128 cm³/mol. The van der Waals surface area contributed by atoms with Crippen LogP contribution >= 0.6 is 11.3 Å². The number of thiophene rings is 1. The van der Waals surface area contributed by atoms with Crippen molar-refractivity contribution in [3.8, 4) is 10.6 Å². The van der Waals surface area contributed by atoms with Crippen molar-refractivity contribution in [2.45, 2.75) is 19.5 Å². The molecule has 0 saturated carbocycles. The van der Waals surface area contributed by atoms with E-state index in [-0.39, 0.29) is 6.03 Å². The topological polar surface area (TPSA) is 55.3 Å². The third-order valence-corrected chi connectivity index (χ3v) is 6.13. The standard InChI is InChI=1S/C25H27N3O2S/c1-30-15-8-14-26-25(29)27-17-21-20-11-5-6-12-22(20)28(18-19-9-3-2-4-10-19)24(21)23-13-7-16-31-23/h2-7,9-13,16H,8,14-15,17-18H2,1H3,(H2,26,27,29). The van der Waals surface area contributed by atoms with Gasteiger partial charge in [-0.25, -0.2) is 4.79 Å². The van der Waals surface area contributed by atoms with Crippen LogP contribution in [0, 0.1) is 0 Å². The monoisotopic (exact) mass is 433 g/mol. The van der Waals surface area contributed by atoms with E-state index in [9.17, 15) is 4.79 Å². The van der Waals surface area contributed by atoms with Crippen LogP contribution in [0.3, 0.4) is 0 Å². The zero-order valence-corrected chi connectivity index (χ0v) is 18.5. The number of carbonyl (C=O) groups is 1. The van der Waals surface area contributed by atoms with Crippen LogP contribution in [0.2, 0.25) is 0 Å². The number of aromatic nitrogens is 1. The van der Waals surface area contributed by atoms with Gasteiger partial charge in [0.1, 0.15) is 0 Å². The quantitative estimate of drug-likeness (QED) is 0.354. The van der Waals surface area contributed by atoms with Crippen LogP contribution in [0.15, 0.2) is 72.1 Å². The molecule has 4 rings (SSSR count). The van der Waals surface area contributed by atoms with Crippen LogP contribution in [-0.2, 0) is 17.8 Å². The van der Waals surface area contributed by atoms with E-state index in [1.54, 1.807) is 18.4 Å². The molecule has 0 saturated heterocycles. The molecule has 0 aliphatic rings. The third-order valence-electron chi connectivity index (χ3n) is 5.25. The zero-order chi connectivity index (χ0) is 21.5. The number of hydrogen-bond acceptors (Lipinski definition) is 3. The number of rotatable bonds is 9. The Balaban J connectivity index is 1.67. The van der Waals surface area contributed by atoms with Gasteiger partial charge in [0.15, 0.2) is 0 Å². The maximum absolute atomic E-state index is 12.3. The number of ether oxygens (including phenoxy) is 1. The molecule has 2 amide bonds. The second-order valence-electron chi connectivity index (χ2n) is 7.35. The highest BCUT2D eigenvalue weighted by Crippen LogP contribution is 2.36. The van der Waals surface area contributed by atoms with Crippen molar-refractivity contribution < 1.29 is 9.53 Å². The molecule has 2 aromatic heterocycles. The van der Waals surface area contributed by atoms with Gasteiger partial charge in [0, 0.05) is 49.8 Å². The van der Waals surface area contributed by atoms with Gasteiger partial charge in [0.05, 0.1) is 10.6 Å². The summed E-state index contributed by atoms with van der Waals surface area (Å²) >= 11 is 1.72. The number of para-hydroxylation sites is 1. The van der Waals surface area contributed by atoms with Crippen molar-refractivity contribution in [3.05, 3.63) is 83.2 Å². The Kier molecular flexibility index (Phi) is 7.02. The van der Waals surface area contributed by atoms with Crippen molar-refractivity contribution >= 4 is 28.3 Å². The first kappa shape index (κ1) is 21.2. The molecule has 0 radical (unpaired) electrons. The summed E-state index contributed by atoms with van der Waals surface area (Å²) in [7, 11) is 1.66. The van der Waals surface area contributed by atoms with Gasteiger partial charge in [0.25, 0.3) is 0 Å². The molecule has 5 nitrogen and oxygen atoms in total. The Morgan fingerprint density at radius 2 is 1.81 bits per heavy atom. The van der Waals surface area contributed by atoms with E-state index >= 15 is 0 Å². The van der Waals surface area contributed by atoms with Gasteiger partial charge in [-0.15, -0.1) is 11.3 Å². The van der Waals surface area contributed by atoms with E-state index in [0.717, 1.165) is 18.5 Å². The summed E-state index contributed by atoms with van der Waals surface area (Å²) < 4.78 is 7.40. The van der Waals surface area contributed by atoms with Crippen molar-refractivity contribution in [2.24, 2.45) is 0 Å². The first-order chi connectivity index (χ1) is 15.3. The average molecular weight is 434 g/mol. The van der Waals surface area contributed by atoms with E-state index in [4.69, 9.17) is 4.74 Å². The largest absolute Gasteiger partial charge is 0.385 e. The lowest BCUT2D eigenvalue weighted by molar-refractivity contribution is 0.193. The number of urea groups is 1. The second-order valence-corrected chi connectivity index (χ2v) is 8.30. The Morgan fingerprint density at radius 3 is 2.58 bits per heavy atom. The molecule has 2 aromatic carbocycles. The van der Waals surface area contributed by atoms with E-state index < -0.39 is 0 Å². The highest BCUT2D eigenvalue weighted by molar-refractivity contribution is 7.13. The first-order valence-corrected chi connectivity index (χ1v) is 11.3. The number of amides is 2. The Morgan fingerprint density at radius 1 is 1.00 bits per heavy atom. The number of carbonyl (C=O) groups excluding carboxylic acids is 1. The number of benzene rings is 2. The van der Waals surface area contributed by atoms with Gasteiger partial charge < -0.3 is 19.9 Å². The van der Waals surface area contributed by atoms with Gasteiger partial charge in [0.2, 0.25) is 0 Å². The lowest BCUT2D eigenvalue weighted by Crippen LogP contribution is -2.35. The number of methoxy groups -OCH3 is 1. The average Bonchev–Trinajstić information content (AvgIpc) is 3.43. The summed E-state index contributed by atoms with van der Waals surface area (Å²) in [6.07, 6.45) is 0.792.